The van der Waals surface area contributed by atoms with Gasteiger partial charge in [-0.3, -0.25) is 4.79 Å². The van der Waals surface area contributed by atoms with Crippen LogP contribution < -0.4 is 5.32 Å². The van der Waals surface area contributed by atoms with Crippen molar-refractivity contribution < 1.29 is 23.1 Å². The lowest BCUT2D eigenvalue weighted by molar-refractivity contribution is -0.137. The number of halogens is 6. The molecule has 0 aliphatic heterocycles. The molecule has 9 heteroatoms. The summed E-state index contributed by atoms with van der Waals surface area (Å²) in [4.78, 5) is 12.2. The average molecular weight is 518 g/mol. The average Bonchev–Trinajstić information content (AvgIpc) is 2.41. The first-order valence-corrected chi connectivity index (χ1v) is 8.33. The Kier molecular flexibility index (Phi) is 5.42. The number of phenolic OH excluding ortho intramolecular Hbond substituents is 1. The van der Waals surface area contributed by atoms with Crippen molar-refractivity contribution in [2.45, 2.75) is 6.18 Å². The van der Waals surface area contributed by atoms with Gasteiger partial charge in [-0.25, -0.2) is 0 Å². The van der Waals surface area contributed by atoms with Gasteiger partial charge < -0.3 is 10.4 Å². The fraction of sp³-hybridized carbons (Fsp3) is 0.0714. The lowest BCUT2D eigenvalue weighted by Gasteiger charge is -2.12. The van der Waals surface area contributed by atoms with Crippen molar-refractivity contribution in [3.63, 3.8) is 0 Å². The zero-order valence-electron chi connectivity index (χ0n) is 11.0. The SMILES string of the molecule is O=C(Nc1cc(Br)cc(C(F)(F)F)c1)c1cc(Br)cc(Br)c1O. The van der Waals surface area contributed by atoms with Crippen molar-refractivity contribution in [2.75, 3.05) is 5.32 Å². The summed E-state index contributed by atoms with van der Waals surface area (Å²) in [6.45, 7) is 0. The Morgan fingerprint density at radius 1 is 1.00 bits per heavy atom. The maximum absolute atomic E-state index is 12.8. The van der Waals surface area contributed by atoms with Crippen LogP contribution in [0.5, 0.6) is 5.75 Å². The number of carbonyl (C=O) groups is 1. The predicted octanol–water partition coefficient (Wildman–Crippen LogP) is 5.95. The largest absolute Gasteiger partial charge is 0.506 e. The van der Waals surface area contributed by atoms with E-state index in [-0.39, 0.29) is 25.9 Å². The number of aromatic hydroxyl groups is 1. The van der Waals surface area contributed by atoms with Crippen LogP contribution >= 0.6 is 47.8 Å². The Hall–Kier alpha value is -1.06. The summed E-state index contributed by atoms with van der Waals surface area (Å²) in [7, 11) is 0. The van der Waals surface area contributed by atoms with E-state index >= 15 is 0 Å². The number of hydrogen-bond acceptors (Lipinski definition) is 2. The third kappa shape index (κ3) is 4.48. The standard InChI is InChI=1S/C14H7Br3F3NO2/c15-7-1-6(14(18,19)20)2-9(3-7)21-13(23)10-4-8(16)5-11(17)12(10)22/h1-5,22H,(H,21,23). The topological polar surface area (TPSA) is 49.3 Å². The fourth-order valence-corrected chi connectivity index (χ4v) is 3.48. The molecule has 0 saturated heterocycles. The molecule has 0 aliphatic rings. The molecule has 0 aliphatic carbocycles. The molecule has 0 aromatic heterocycles. The van der Waals surface area contributed by atoms with Crippen LogP contribution in [-0.2, 0) is 6.18 Å². The van der Waals surface area contributed by atoms with E-state index in [0.717, 1.165) is 12.1 Å². The summed E-state index contributed by atoms with van der Waals surface area (Å²) in [5, 5.41) is 12.2. The summed E-state index contributed by atoms with van der Waals surface area (Å²) in [6, 6.07) is 5.94. The van der Waals surface area contributed by atoms with E-state index in [9.17, 15) is 23.1 Å². The summed E-state index contributed by atoms with van der Waals surface area (Å²) < 4.78 is 39.4. The van der Waals surface area contributed by atoms with E-state index in [1.54, 1.807) is 0 Å². The number of alkyl halides is 3. The highest BCUT2D eigenvalue weighted by Gasteiger charge is 2.31. The van der Waals surface area contributed by atoms with Gasteiger partial charge in [0.05, 0.1) is 15.6 Å². The summed E-state index contributed by atoms with van der Waals surface area (Å²) in [5.41, 5.74) is -1.03. The van der Waals surface area contributed by atoms with Gasteiger partial charge in [0.15, 0.2) is 0 Å². The third-order valence-electron chi connectivity index (χ3n) is 2.76. The van der Waals surface area contributed by atoms with Gasteiger partial charge in [-0.2, -0.15) is 13.2 Å². The molecule has 0 atom stereocenters. The first-order chi connectivity index (χ1) is 10.6. The molecule has 122 valence electrons. The van der Waals surface area contributed by atoms with Gasteiger partial charge in [0.2, 0.25) is 0 Å². The minimum Gasteiger partial charge on any atom is -0.506 e. The number of anilines is 1. The lowest BCUT2D eigenvalue weighted by Crippen LogP contribution is -2.13. The van der Waals surface area contributed by atoms with Crippen LogP contribution in [-0.4, -0.2) is 11.0 Å². The molecular formula is C14H7Br3F3NO2. The quantitative estimate of drug-likeness (QED) is 0.517. The van der Waals surface area contributed by atoms with Gasteiger partial charge >= 0.3 is 6.18 Å². The second kappa shape index (κ2) is 6.82. The van der Waals surface area contributed by atoms with Crippen LogP contribution in [0.1, 0.15) is 15.9 Å². The third-order valence-corrected chi connectivity index (χ3v) is 4.28. The molecule has 3 nitrogen and oxygen atoms in total. The highest BCUT2D eigenvalue weighted by atomic mass is 79.9. The summed E-state index contributed by atoms with van der Waals surface area (Å²) in [5.74, 6) is -1.05. The number of carbonyl (C=O) groups excluding carboxylic acids is 1. The minimum absolute atomic E-state index is 0.0489. The monoisotopic (exact) mass is 515 g/mol. The van der Waals surface area contributed by atoms with Crippen LogP contribution in [0.4, 0.5) is 18.9 Å². The van der Waals surface area contributed by atoms with Crippen molar-refractivity contribution in [1.82, 2.24) is 0 Å². The molecule has 2 aromatic carbocycles. The molecular weight excluding hydrogens is 511 g/mol. The number of amides is 1. The van der Waals surface area contributed by atoms with Gasteiger partial charge in [-0.1, -0.05) is 31.9 Å². The molecule has 0 radical (unpaired) electrons. The zero-order valence-corrected chi connectivity index (χ0v) is 15.8. The number of nitrogens with one attached hydrogen (secondary N) is 1. The van der Waals surface area contributed by atoms with Crippen molar-refractivity contribution >= 4 is 59.4 Å². The second-order valence-corrected chi connectivity index (χ2v) is 7.15. The molecule has 0 saturated carbocycles. The highest BCUT2D eigenvalue weighted by molar-refractivity contribution is 9.11. The van der Waals surface area contributed by atoms with Gasteiger partial charge in [-0.05, 0) is 46.3 Å². The maximum Gasteiger partial charge on any atom is 0.416 e. The number of rotatable bonds is 2. The Labute approximate surface area is 154 Å². The van der Waals surface area contributed by atoms with Gasteiger partial charge in [-0.15, -0.1) is 0 Å². The van der Waals surface area contributed by atoms with Crippen LogP contribution in [0.15, 0.2) is 43.7 Å². The number of benzene rings is 2. The molecule has 2 rings (SSSR count). The van der Waals surface area contributed by atoms with Crippen LogP contribution in [0.2, 0.25) is 0 Å². The predicted molar refractivity (Wildman–Crippen MR) is 90.6 cm³/mol. The van der Waals surface area contributed by atoms with E-state index in [1.165, 1.54) is 18.2 Å². The molecule has 0 spiro atoms. The Morgan fingerprint density at radius 2 is 1.61 bits per heavy atom. The highest BCUT2D eigenvalue weighted by Crippen LogP contribution is 2.35. The van der Waals surface area contributed by atoms with Crippen molar-refractivity contribution in [3.8, 4) is 5.75 Å². The molecule has 0 unspecified atom stereocenters. The zero-order chi connectivity index (χ0) is 17.4. The van der Waals surface area contributed by atoms with Crippen molar-refractivity contribution in [3.05, 3.63) is 54.9 Å². The number of hydrogen-bond donors (Lipinski definition) is 2. The van der Waals surface area contributed by atoms with Gasteiger partial charge in [0.1, 0.15) is 5.75 Å². The Morgan fingerprint density at radius 3 is 2.22 bits per heavy atom. The smallest absolute Gasteiger partial charge is 0.416 e. The first-order valence-electron chi connectivity index (χ1n) is 5.95. The molecule has 23 heavy (non-hydrogen) atoms. The molecule has 1 amide bonds. The van der Waals surface area contributed by atoms with Crippen molar-refractivity contribution in [1.29, 1.82) is 0 Å². The normalized spacial score (nSPS) is 11.4. The summed E-state index contributed by atoms with van der Waals surface area (Å²) in [6.07, 6.45) is -4.54. The second-order valence-electron chi connectivity index (χ2n) is 4.46. The first kappa shape index (κ1) is 18.3. The Balaban J connectivity index is 2.36. The van der Waals surface area contributed by atoms with E-state index in [2.05, 4.69) is 53.1 Å². The fourth-order valence-electron chi connectivity index (χ4n) is 1.76. The van der Waals surface area contributed by atoms with E-state index in [0.29, 0.717) is 4.47 Å². The summed E-state index contributed by atoms with van der Waals surface area (Å²) >= 11 is 9.23. The Bertz CT molecular complexity index is 779. The van der Waals surface area contributed by atoms with Gasteiger partial charge in [0.25, 0.3) is 5.91 Å². The minimum atomic E-state index is -4.54. The number of phenols is 1. The van der Waals surface area contributed by atoms with Gasteiger partial charge in [0, 0.05) is 14.6 Å². The van der Waals surface area contributed by atoms with E-state index in [4.69, 9.17) is 0 Å². The molecule has 2 aromatic rings. The molecule has 0 fully saturated rings. The van der Waals surface area contributed by atoms with E-state index < -0.39 is 17.6 Å². The van der Waals surface area contributed by atoms with Crippen molar-refractivity contribution in [2.24, 2.45) is 0 Å². The maximum atomic E-state index is 12.8. The van der Waals surface area contributed by atoms with E-state index in [1.807, 2.05) is 0 Å². The van der Waals surface area contributed by atoms with Crippen LogP contribution in [0.25, 0.3) is 0 Å². The lowest BCUT2D eigenvalue weighted by atomic mass is 10.1. The molecule has 0 bridgehead atoms. The molecule has 2 N–H and O–H groups in total. The van der Waals surface area contributed by atoms with Crippen LogP contribution in [0.3, 0.4) is 0 Å². The van der Waals surface area contributed by atoms with Crippen LogP contribution in [0, 0.1) is 0 Å². The molecule has 0 heterocycles.